The van der Waals surface area contributed by atoms with Crippen LogP contribution in [0.3, 0.4) is 0 Å². The number of amides is 1. The summed E-state index contributed by atoms with van der Waals surface area (Å²) >= 11 is 1.45. The topological polar surface area (TPSA) is 91.7 Å². The lowest BCUT2D eigenvalue weighted by Gasteiger charge is -2.20. The number of hydrogen-bond donors (Lipinski definition) is 2. The molecule has 0 aliphatic heterocycles. The summed E-state index contributed by atoms with van der Waals surface area (Å²) in [4.78, 5) is 28.2. The van der Waals surface area contributed by atoms with E-state index in [1.54, 1.807) is 19.1 Å². The Balaban J connectivity index is 2.22. The normalized spacial score (nSPS) is 12.0. The van der Waals surface area contributed by atoms with E-state index in [9.17, 15) is 14.8 Å². The first-order valence-electron chi connectivity index (χ1n) is 7.42. The average molecular weight is 341 g/mol. The van der Waals surface area contributed by atoms with Gasteiger partial charge in [0.1, 0.15) is 17.0 Å². The van der Waals surface area contributed by atoms with Crippen LogP contribution in [0.2, 0.25) is 0 Å². The highest BCUT2D eigenvalue weighted by Crippen LogP contribution is 2.40. The average Bonchev–Trinajstić information content (AvgIpc) is 3.15. The van der Waals surface area contributed by atoms with Crippen LogP contribution in [0.4, 0.5) is 5.69 Å². The zero-order chi connectivity index (χ0) is 17.1. The molecule has 6 nitrogen and oxygen atoms in total. The molecule has 0 aliphatic rings. The third-order valence-electron chi connectivity index (χ3n) is 3.74. The van der Waals surface area contributed by atoms with E-state index in [0.717, 1.165) is 4.88 Å². The molecule has 24 heavy (non-hydrogen) atoms. The molecule has 0 bridgehead atoms. The number of carbonyl (C=O) groups excluding carboxylic acids is 1. The van der Waals surface area contributed by atoms with Crippen LogP contribution in [-0.2, 0) is 4.79 Å². The number of nitrogens with zero attached hydrogens (tertiary/aromatic N) is 2. The number of carbonyl (C=O) groups is 1. The number of phenolic OH excluding ortho intramolecular Hbond substituents is 1. The number of phenols is 1. The van der Waals surface area contributed by atoms with Gasteiger partial charge in [0.2, 0.25) is 5.91 Å². The zero-order valence-electron chi connectivity index (χ0n) is 12.9. The lowest BCUT2D eigenvalue weighted by atomic mass is 10.00. The maximum Gasteiger partial charge on any atom is 0.220 e. The van der Waals surface area contributed by atoms with Crippen molar-refractivity contribution in [2.24, 2.45) is 5.18 Å². The van der Waals surface area contributed by atoms with Crippen molar-refractivity contribution in [3.63, 3.8) is 0 Å². The molecule has 0 saturated heterocycles. The zero-order valence-corrected chi connectivity index (χ0v) is 13.7. The summed E-state index contributed by atoms with van der Waals surface area (Å²) in [7, 11) is 0. The molecule has 122 valence electrons. The first-order chi connectivity index (χ1) is 11.7. The van der Waals surface area contributed by atoms with Crippen LogP contribution in [0.5, 0.6) is 5.75 Å². The highest BCUT2D eigenvalue weighted by Gasteiger charge is 2.24. The summed E-state index contributed by atoms with van der Waals surface area (Å²) in [6, 6.07) is 8.01. The third kappa shape index (κ3) is 2.85. The van der Waals surface area contributed by atoms with Crippen molar-refractivity contribution in [2.75, 3.05) is 0 Å². The standard InChI is InChI=1S/C17H15N3O3S/c1-2-14(21)19-15(13-6-4-8-24-13)11-9-12(20-23)10-5-3-7-18-16(10)17(11)22/h3-9,15,22H,2H2,1H3,(H,19,21). The Labute approximate surface area is 142 Å². The maximum atomic E-state index is 11.9. The third-order valence-corrected chi connectivity index (χ3v) is 4.67. The minimum Gasteiger partial charge on any atom is -0.505 e. The molecule has 3 rings (SSSR count). The van der Waals surface area contributed by atoms with Crippen molar-refractivity contribution < 1.29 is 9.90 Å². The molecule has 0 aliphatic carbocycles. The molecule has 2 N–H and O–H groups in total. The second-order valence-electron chi connectivity index (χ2n) is 5.19. The molecule has 0 radical (unpaired) electrons. The number of nitroso groups, excluding NO2 is 1. The van der Waals surface area contributed by atoms with Gasteiger partial charge in [0.15, 0.2) is 0 Å². The minimum atomic E-state index is -0.565. The fourth-order valence-electron chi connectivity index (χ4n) is 2.55. The van der Waals surface area contributed by atoms with Gasteiger partial charge in [0.25, 0.3) is 0 Å². The fourth-order valence-corrected chi connectivity index (χ4v) is 3.34. The Morgan fingerprint density at radius 3 is 2.92 bits per heavy atom. The molecule has 2 heterocycles. The molecule has 1 aromatic carbocycles. The number of fused-ring (bicyclic) bond motifs is 1. The number of hydrogen-bond acceptors (Lipinski definition) is 6. The molecule has 1 amide bonds. The monoisotopic (exact) mass is 341 g/mol. The molecule has 1 atom stereocenters. The van der Waals surface area contributed by atoms with E-state index in [1.807, 2.05) is 17.5 Å². The summed E-state index contributed by atoms with van der Waals surface area (Å²) in [5.74, 6) is -0.220. The summed E-state index contributed by atoms with van der Waals surface area (Å²) in [5, 5.41) is 19.0. The van der Waals surface area contributed by atoms with Crippen molar-refractivity contribution >= 4 is 33.8 Å². The Morgan fingerprint density at radius 2 is 2.25 bits per heavy atom. The SMILES string of the molecule is CCC(=O)NC(c1cccs1)c1cc(N=O)c2cccnc2c1O. The van der Waals surface area contributed by atoms with Gasteiger partial charge in [-0.05, 0) is 34.8 Å². The van der Waals surface area contributed by atoms with Crippen LogP contribution in [0.1, 0.15) is 29.8 Å². The van der Waals surface area contributed by atoms with Gasteiger partial charge in [0, 0.05) is 28.4 Å². The largest absolute Gasteiger partial charge is 0.505 e. The van der Waals surface area contributed by atoms with Crippen molar-refractivity contribution in [3.05, 3.63) is 57.3 Å². The quantitative estimate of drug-likeness (QED) is 0.686. The van der Waals surface area contributed by atoms with Crippen LogP contribution in [-0.4, -0.2) is 16.0 Å². The van der Waals surface area contributed by atoms with Gasteiger partial charge in [-0.1, -0.05) is 13.0 Å². The van der Waals surface area contributed by atoms with E-state index in [1.165, 1.54) is 23.6 Å². The van der Waals surface area contributed by atoms with Crippen LogP contribution in [0.15, 0.2) is 47.1 Å². The smallest absolute Gasteiger partial charge is 0.220 e. The molecular formula is C17H15N3O3S. The van der Waals surface area contributed by atoms with Crippen LogP contribution < -0.4 is 5.32 Å². The van der Waals surface area contributed by atoms with Crippen molar-refractivity contribution in [3.8, 4) is 5.75 Å². The number of thiophene rings is 1. The maximum absolute atomic E-state index is 11.9. The lowest BCUT2D eigenvalue weighted by molar-refractivity contribution is -0.121. The minimum absolute atomic E-state index is 0.0622. The van der Waals surface area contributed by atoms with Gasteiger partial charge in [-0.15, -0.1) is 16.2 Å². The number of nitrogens with one attached hydrogen (secondary N) is 1. The predicted octanol–water partition coefficient (Wildman–Crippen LogP) is 4.02. The summed E-state index contributed by atoms with van der Waals surface area (Å²) in [5.41, 5.74) is 0.871. The van der Waals surface area contributed by atoms with Crippen molar-refractivity contribution in [2.45, 2.75) is 19.4 Å². The Bertz CT molecular complexity index is 893. The van der Waals surface area contributed by atoms with Crippen molar-refractivity contribution in [1.29, 1.82) is 0 Å². The van der Waals surface area contributed by atoms with Gasteiger partial charge in [-0.25, -0.2) is 0 Å². The molecule has 0 spiro atoms. The molecule has 3 aromatic rings. The number of aromatic hydroxyl groups is 1. The Morgan fingerprint density at radius 1 is 1.42 bits per heavy atom. The lowest BCUT2D eigenvalue weighted by Crippen LogP contribution is -2.28. The highest BCUT2D eigenvalue weighted by molar-refractivity contribution is 7.10. The molecular weight excluding hydrogens is 326 g/mol. The number of pyridine rings is 1. The van der Waals surface area contributed by atoms with E-state index in [2.05, 4.69) is 15.5 Å². The molecule has 2 aromatic heterocycles. The van der Waals surface area contributed by atoms with Gasteiger partial charge < -0.3 is 10.4 Å². The number of benzene rings is 1. The van der Waals surface area contributed by atoms with E-state index < -0.39 is 6.04 Å². The Hall–Kier alpha value is -2.80. The van der Waals surface area contributed by atoms with Crippen LogP contribution in [0, 0.1) is 4.91 Å². The predicted molar refractivity (Wildman–Crippen MR) is 93.5 cm³/mol. The summed E-state index contributed by atoms with van der Waals surface area (Å²) < 4.78 is 0. The summed E-state index contributed by atoms with van der Waals surface area (Å²) in [6.07, 6.45) is 1.85. The Kier molecular flexibility index (Phi) is 4.52. The van der Waals surface area contributed by atoms with E-state index in [0.29, 0.717) is 17.4 Å². The second kappa shape index (κ2) is 6.76. The van der Waals surface area contributed by atoms with E-state index >= 15 is 0 Å². The molecule has 0 fully saturated rings. The van der Waals surface area contributed by atoms with Gasteiger partial charge in [-0.2, -0.15) is 0 Å². The first-order valence-corrected chi connectivity index (χ1v) is 8.30. The number of aromatic nitrogens is 1. The first kappa shape index (κ1) is 16.1. The number of rotatable bonds is 5. The second-order valence-corrected chi connectivity index (χ2v) is 6.17. The fraction of sp³-hybridized carbons (Fsp3) is 0.176. The molecule has 7 heteroatoms. The summed E-state index contributed by atoms with van der Waals surface area (Å²) in [6.45, 7) is 1.75. The van der Waals surface area contributed by atoms with Gasteiger partial charge >= 0.3 is 0 Å². The van der Waals surface area contributed by atoms with Gasteiger partial charge in [-0.3, -0.25) is 9.78 Å². The van der Waals surface area contributed by atoms with Crippen molar-refractivity contribution in [1.82, 2.24) is 10.3 Å². The van der Waals surface area contributed by atoms with E-state index in [4.69, 9.17) is 0 Å². The molecule has 0 saturated carbocycles. The van der Waals surface area contributed by atoms with Crippen LogP contribution in [0.25, 0.3) is 10.9 Å². The molecule has 1 unspecified atom stereocenters. The highest BCUT2D eigenvalue weighted by atomic mass is 32.1. The van der Waals surface area contributed by atoms with E-state index in [-0.39, 0.29) is 22.9 Å². The van der Waals surface area contributed by atoms with Crippen LogP contribution >= 0.6 is 11.3 Å². The van der Waals surface area contributed by atoms with Gasteiger partial charge in [0.05, 0.1) is 6.04 Å².